The first-order chi connectivity index (χ1) is 12.8. The first-order valence-corrected chi connectivity index (χ1v) is 11.1. The third-order valence-corrected chi connectivity index (χ3v) is 7.22. The monoisotopic (exact) mass is 416 g/mol. The smallest absolute Gasteiger partial charge is 0.277 e. The third kappa shape index (κ3) is 5.00. The van der Waals surface area contributed by atoms with Crippen molar-refractivity contribution in [3.63, 3.8) is 0 Å². The van der Waals surface area contributed by atoms with E-state index in [1.54, 1.807) is 12.1 Å². The molecule has 2 heterocycles. The van der Waals surface area contributed by atoms with Crippen LogP contribution in [0.25, 0.3) is 0 Å². The molecular formula is C18H27ClN3O4S+. The molecule has 0 saturated carbocycles. The van der Waals surface area contributed by atoms with Gasteiger partial charge in [-0.05, 0) is 38.1 Å². The van der Waals surface area contributed by atoms with Crippen molar-refractivity contribution in [3.8, 4) is 0 Å². The molecule has 27 heavy (non-hydrogen) atoms. The molecule has 2 aliphatic rings. The first-order valence-electron chi connectivity index (χ1n) is 9.28. The van der Waals surface area contributed by atoms with Gasteiger partial charge in [-0.25, -0.2) is 8.42 Å². The largest absolute Gasteiger partial charge is 0.372 e. The van der Waals surface area contributed by atoms with E-state index in [0.29, 0.717) is 50.8 Å². The lowest BCUT2D eigenvalue weighted by molar-refractivity contribution is -0.896. The number of carbonyl (C=O) groups is 1. The van der Waals surface area contributed by atoms with E-state index < -0.39 is 10.0 Å². The molecule has 0 aromatic heterocycles. The van der Waals surface area contributed by atoms with Crippen molar-refractivity contribution in [2.24, 2.45) is 0 Å². The number of morpholine rings is 1. The predicted octanol–water partition coefficient (Wildman–Crippen LogP) is -0.135. The Balaban J connectivity index is 1.54. The topological polar surface area (TPSA) is 71.4 Å². The van der Waals surface area contributed by atoms with Gasteiger partial charge in [-0.15, -0.1) is 0 Å². The number of benzene rings is 1. The Labute approximate surface area is 165 Å². The van der Waals surface area contributed by atoms with Gasteiger partial charge < -0.3 is 14.5 Å². The number of ether oxygens (including phenoxy) is 1. The number of quaternary nitrogens is 1. The van der Waals surface area contributed by atoms with Crippen LogP contribution in [0, 0.1) is 0 Å². The average Bonchev–Trinajstić information content (AvgIpc) is 2.61. The molecule has 1 aromatic rings. The van der Waals surface area contributed by atoms with Crippen LogP contribution in [0.15, 0.2) is 29.2 Å². The molecule has 0 bridgehead atoms. The minimum Gasteiger partial charge on any atom is -0.372 e. The third-order valence-electron chi connectivity index (χ3n) is 5.05. The summed E-state index contributed by atoms with van der Waals surface area (Å²) in [6.07, 6.45) is 0.100. The second-order valence-corrected chi connectivity index (χ2v) is 9.72. The molecule has 0 radical (unpaired) electrons. The highest BCUT2D eigenvalue weighted by Gasteiger charge is 2.33. The fourth-order valence-corrected chi connectivity index (χ4v) is 5.25. The van der Waals surface area contributed by atoms with E-state index in [1.165, 1.54) is 16.4 Å². The quantitative estimate of drug-likeness (QED) is 0.742. The Morgan fingerprint density at radius 2 is 1.70 bits per heavy atom. The highest BCUT2D eigenvalue weighted by Crippen LogP contribution is 2.18. The van der Waals surface area contributed by atoms with Gasteiger partial charge in [0.1, 0.15) is 0 Å². The summed E-state index contributed by atoms with van der Waals surface area (Å²) in [5, 5.41) is 0.508. The number of rotatable bonds is 4. The van der Waals surface area contributed by atoms with Gasteiger partial charge in [-0.2, -0.15) is 4.31 Å². The number of piperazine rings is 1. The van der Waals surface area contributed by atoms with Crippen LogP contribution in [-0.2, 0) is 19.6 Å². The van der Waals surface area contributed by atoms with Gasteiger partial charge in [0, 0.05) is 18.1 Å². The van der Waals surface area contributed by atoms with Gasteiger partial charge in [-0.1, -0.05) is 11.6 Å². The summed E-state index contributed by atoms with van der Waals surface area (Å²) >= 11 is 5.84. The number of hydrogen-bond donors (Lipinski definition) is 1. The maximum atomic E-state index is 12.7. The summed E-state index contributed by atoms with van der Waals surface area (Å²) in [7, 11) is -3.52. The normalized spacial score (nSPS) is 25.5. The van der Waals surface area contributed by atoms with Crippen LogP contribution in [-0.4, -0.2) is 81.6 Å². The van der Waals surface area contributed by atoms with Crippen LogP contribution in [0.4, 0.5) is 0 Å². The lowest BCUT2D eigenvalue weighted by Gasteiger charge is -2.37. The van der Waals surface area contributed by atoms with Crippen molar-refractivity contribution in [2.75, 3.05) is 45.8 Å². The predicted molar refractivity (Wildman–Crippen MR) is 102 cm³/mol. The molecule has 1 N–H and O–H groups in total. The summed E-state index contributed by atoms with van der Waals surface area (Å²) < 4.78 is 32.6. The van der Waals surface area contributed by atoms with Crippen LogP contribution in [0.3, 0.4) is 0 Å². The SMILES string of the molecule is C[C@H]1CN(C(=O)C[NH+]2CCN(S(=O)(=O)c3ccc(Cl)cc3)CC2)C[C@H](C)O1. The van der Waals surface area contributed by atoms with E-state index in [2.05, 4.69) is 0 Å². The number of halogens is 1. The lowest BCUT2D eigenvalue weighted by atomic mass is 10.2. The number of hydrogen-bond acceptors (Lipinski definition) is 4. The van der Waals surface area contributed by atoms with E-state index in [4.69, 9.17) is 16.3 Å². The van der Waals surface area contributed by atoms with Crippen molar-refractivity contribution >= 4 is 27.5 Å². The molecule has 2 atom stereocenters. The summed E-state index contributed by atoms with van der Waals surface area (Å²) in [6.45, 7) is 7.64. The van der Waals surface area contributed by atoms with Crippen molar-refractivity contribution in [2.45, 2.75) is 31.0 Å². The zero-order valence-electron chi connectivity index (χ0n) is 15.7. The van der Waals surface area contributed by atoms with Crippen molar-refractivity contribution in [1.29, 1.82) is 0 Å². The van der Waals surface area contributed by atoms with Crippen molar-refractivity contribution in [1.82, 2.24) is 9.21 Å². The van der Waals surface area contributed by atoms with Gasteiger partial charge in [-0.3, -0.25) is 4.79 Å². The molecule has 1 aromatic carbocycles. The Morgan fingerprint density at radius 1 is 1.15 bits per heavy atom. The number of nitrogens with one attached hydrogen (secondary N) is 1. The Kier molecular flexibility index (Phi) is 6.43. The summed E-state index contributed by atoms with van der Waals surface area (Å²) in [4.78, 5) is 15.8. The second-order valence-electron chi connectivity index (χ2n) is 7.34. The zero-order chi connectivity index (χ0) is 19.6. The van der Waals surface area contributed by atoms with Gasteiger partial charge in [0.05, 0.1) is 43.3 Å². The zero-order valence-corrected chi connectivity index (χ0v) is 17.3. The van der Waals surface area contributed by atoms with E-state index in [9.17, 15) is 13.2 Å². The lowest BCUT2D eigenvalue weighted by Crippen LogP contribution is -3.15. The van der Waals surface area contributed by atoms with E-state index >= 15 is 0 Å². The molecule has 0 spiro atoms. The van der Waals surface area contributed by atoms with Gasteiger partial charge >= 0.3 is 0 Å². The molecule has 1 amide bonds. The van der Waals surface area contributed by atoms with Crippen molar-refractivity contribution < 1.29 is 22.8 Å². The first kappa shape index (κ1) is 20.5. The summed E-state index contributed by atoms with van der Waals surface area (Å²) in [6, 6.07) is 6.22. The summed E-state index contributed by atoms with van der Waals surface area (Å²) in [5.74, 6) is 0.112. The highest BCUT2D eigenvalue weighted by atomic mass is 35.5. The second kappa shape index (κ2) is 8.45. The van der Waals surface area contributed by atoms with Crippen molar-refractivity contribution in [3.05, 3.63) is 29.3 Å². The molecule has 0 aliphatic carbocycles. The fraction of sp³-hybridized carbons (Fsp3) is 0.611. The van der Waals surface area contributed by atoms with E-state index in [1.807, 2.05) is 18.7 Å². The highest BCUT2D eigenvalue weighted by molar-refractivity contribution is 7.89. The molecule has 2 saturated heterocycles. The Bertz CT molecular complexity index is 753. The van der Waals surface area contributed by atoms with Crippen LogP contribution in [0.5, 0.6) is 0 Å². The number of nitrogens with zero attached hydrogens (tertiary/aromatic N) is 2. The van der Waals surface area contributed by atoms with Crippen LogP contribution >= 0.6 is 11.6 Å². The van der Waals surface area contributed by atoms with Crippen LogP contribution < -0.4 is 4.90 Å². The summed E-state index contributed by atoms with van der Waals surface area (Å²) in [5.41, 5.74) is 0. The number of sulfonamides is 1. The van der Waals surface area contributed by atoms with Crippen LogP contribution in [0.1, 0.15) is 13.8 Å². The minimum atomic E-state index is -3.52. The molecular weight excluding hydrogens is 390 g/mol. The van der Waals surface area contributed by atoms with E-state index in [-0.39, 0.29) is 23.0 Å². The Hall–Kier alpha value is -1.19. The average molecular weight is 417 g/mol. The number of amides is 1. The molecule has 2 aliphatic heterocycles. The minimum absolute atomic E-state index is 0.0501. The van der Waals surface area contributed by atoms with Gasteiger partial charge in [0.25, 0.3) is 5.91 Å². The van der Waals surface area contributed by atoms with Crippen LogP contribution in [0.2, 0.25) is 5.02 Å². The molecule has 2 fully saturated rings. The number of carbonyl (C=O) groups excluding carboxylic acids is 1. The standard InChI is InChI=1S/C18H26ClN3O4S/c1-14-11-21(12-15(2)26-14)18(23)13-20-7-9-22(10-8-20)27(24,25)17-5-3-16(19)4-6-17/h3-6,14-15H,7-13H2,1-2H3/p+1/t14-,15-/m0/s1. The fourth-order valence-electron chi connectivity index (χ4n) is 3.68. The molecule has 0 unspecified atom stereocenters. The molecule has 3 rings (SSSR count). The van der Waals surface area contributed by atoms with Gasteiger partial charge in [0.15, 0.2) is 6.54 Å². The van der Waals surface area contributed by atoms with Gasteiger partial charge in [0.2, 0.25) is 10.0 Å². The maximum absolute atomic E-state index is 12.7. The Morgan fingerprint density at radius 3 is 2.26 bits per heavy atom. The molecule has 9 heteroatoms. The molecule has 150 valence electrons. The van der Waals surface area contributed by atoms with E-state index in [0.717, 1.165) is 4.90 Å². The molecule has 7 nitrogen and oxygen atoms in total. The maximum Gasteiger partial charge on any atom is 0.277 e.